The molecule has 0 fully saturated rings. The van der Waals surface area contributed by atoms with Crippen LogP contribution in [0.5, 0.6) is 0 Å². The number of pyridine rings is 1. The lowest BCUT2D eigenvalue weighted by Gasteiger charge is -2.14. The summed E-state index contributed by atoms with van der Waals surface area (Å²) in [5.41, 5.74) is 7.24. The first kappa shape index (κ1) is 13.3. The van der Waals surface area contributed by atoms with Crippen molar-refractivity contribution in [2.24, 2.45) is 5.73 Å². The second-order valence-electron chi connectivity index (χ2n) is 3.92. The van der Waals surface area contributed by atoms with Crippen molar-refractivity contribution in [3.8, 4) is 0 Å². The largest absolute Gasteiger partial charge is 0.324 e. The summed E-state index contributed by atoms with van der Waals surface area (Å²) in [7, 11) is 0. The molecule has 0 aliphatic heterocycles. The molecule has 1 aromatic carbocycles. The Morgan fingerprint density at radius 3 is 2.72 bits per heavy atom. The Labute approximate surface area is 115 Å². The lowest BCUT2D eigenvalue weighted by Crippen LogP contribution is -2.14. The molecule has 0 amide bonds. The van der Waals surface area contributed by atoms with Gasteiger partial charge in [-0.15, -0.1) is 0 Å². The Kier molecular flexibility index (Phi) is 4.17. The molecular weight excluding hydrogens is 274 g/mol. The number of nitrogens with two attached hydrogens (primary N) is 1. The second kappa shape index (κ2) is 5.65. The fourth-order valence-corrected chi connectivity index (χ4v) is 2.19. The second-order valence-corrected chi connectivity index (χ2v) is 4.74. The minimum Gasteiger partial charge on any atom is -0.324 e. The van der Waals surface area contributed by atoms with E-state index < -0.39 is 11.9 Å². The molecule has 18 heavy (non-hydrogen) atoms. The molecular formula is C13H11Cl2FN2. The van der Waals surface area contributed by atoms with Crippen molar-refractivity contribution in [3.63, 3.8) is 0 Å². The van der Waals surface area contributed by atoms with Gasteiger partial charge in [-0.05, 0) is 29.7 Å². The minimum atomic E-state index is -0.431. The number of hydrogen-bond acceptors (Lipinski definition) is 2. The van der Waals surface area contributed by atoms with Crippen LogP contribution in [0.15, 0.2) is 36.7 Å². The molecule has 2 aromatic rings. The Morgan fingerprint density at radius 2 is 2.00 bits per heavy atom. The normalized spacial score (nSPS) is 12.4. The molecule has 2 N–H and O–H groups in total. The Morgan fingerprint density at radius 1 is 1.22 bits per heavy atom. The van der Waals surface area contributed by atoms with Gasteiger partial charge in [-0.2, -0.15) is 0 Å². The van der Waals surface area contributed by atoms with Crippen molar-refractivity contribution in [1.82, 2.24) is 4.98 Å². The maximum atomic E-state index is 13.7. The van der Waals surface area contributed by atoms with Crippen LogP contribution in [0.3, 0.4) is 0 Å². The maximum absolute atomic E-state index is 13.7. The average Bonchev–Trinajstić information content (AvgIpc) is 2.35. The van der Waals surface area contributed by atoms with Crippen LogP contribution in [0.25, 0.3) is 0 Å². The summed E-state index contributed by atoms with van der Waals surface area (Å²) < 4.78 is 13.7. The lowest BCUT2D eigenvalue weighted by atomic mass is 10.0. The zero-order valence-electron chi connectivity index (χ0n) is 9.41. The highest BCUT2D eigenvalue weighted by Gasteiger charge is 2.14. The third-order valence-corrected chi connectivity index (χ3v) is 3.28. The van der Waals surface area contributed by atoms with Crippen molar-refractivity contribution >= 4 is 23.2 Å². The molecule has 0 aliphatic rings. The van der Waals surface area contributed by atoms with Gasteiger partial charge in [0.25, 0.3) is 0 Å². The van der Waals surface area contributed by atoms with Gasteiger partial charge in [-0.3, -0.25) is 4.98 Å². The molecule has 0 aliphatic carbocycles. The van der Waals surface area contributed by atoms with Crippen molar-refractivity contribution < 1.29 is 4.39 Å². The van der Waals surface area contributed by atoms with Crippen LogP contribution < -0.4 is 5.73 Å². The quantitative estimate of drug-likeness (QED) is 0.932. The van der Waals surface area contributed by atoms with Gasteiger partial charge in [0.05, 0.1) is 10.0 Å². The zero-order valence-corrected chi connectivity index (χ0v) is 10.9. The highest BCUT2D eigenvalue weighted by atomic mass is 35.5. The van der Waals surface area contributed by atoms with E-state index in [1.54, 1.807) is 24.4 Å². The van der Waals surface area contributed by atoms with E-state index >= 15 is 0 Å². The molecule has 2 rings (SSSR count). The van der Waals surface area contributed by atoms with Crippen LogP contribution in [0.1, 0.15) is 17.2 Å². The molecule has 0 bridgehead atoms. The standard InChI is InChI=1S/C13H11Cl2FN2/c14-10-3-1-2-8(13(10)16)6-12(17)9-4-5-18-7-11(9)15/h1-5,7,12H,6,17H2. The molecule has 5 heteroatoms. The van der Waals surface area contributed by atoms with Crippen LogP contribution in [0, 0.1) is 5.82 Å². The van der Waals surface area contributed by atoms with Crippen molar-refractivity contribution in [2.75, 3.05) is 0 Å². The molecule has 0 saturated carbocycles. The van der Waals surface area contributed by atoms with Gasteiger partial charge in [-0.1, -0.05) is 35.3 Å². The topological polar surface area (TPSA) is 38.9 Å². The maximum Gasteiger partial charge on any atom is 0.145 e. The van der Waals surface area contributed by atoms with Gasteiger partial charge >= 0.3 is 0 Å². The van der Waals surface area contributed by atoms with Crippen molar-refractivity contribution in [2.45, 2.75) is 12.5 Å². The van der Waals surface area contributed by atoms with Crippen LogP contribution >= 0.6 is 23.2 Å². The molecule has 94 valence electrons. The van der Waals surface area contributed by atoms with E-state index in [1.165, 1.54) is 12.3 Å². The van der Waals surface area contributed by atoms with Crippen LogP contribution in [0.2, 0.25) is 10.0 Å². The van der Waals surface area contributed by atoms with E-state index in [1.807, 2.05) is 0 Å². The van der Waals surface area contributed by atoms with Gasteiger partial charge in [0.15, 0.2) is 0 Å². The number of rotatable bonds is 3. The van der Waals surface area contributed by atoms with Crippen LogP contribution in [-0.2, 0) is 6.42 Å². The summed E-state index contributed by atoms with van der Waals surface area (Å²) in [5, 5.41) is 0.577. The van der Waals surface area contributed by atoms with Gasteiger partial charge < -0.3 is 5.73 Å². The summed E-state index contributed by atoms with van der Waals surface area (Å²) in [6.45, 7) is 0. The first-order chi connectivity index (χ1) is 8.59. The Balaban J connectivity index is 2.24. The predicted octanol–water partition coefficient (Wildman–Crippen LogP) is 3.77. The molecule has 1 heterocycles. The van der Waals surface area contributed by atoms with E-state index in [9.17, 15) is 4.39 Å². The van der Waals surface area contributed by atoms with E-state index in [4.69, 9.17) is 28.9 Å². The number of benzene rings is 1. The summed E-state index contributed by atoms with van der Waals surface area (Å²) >= 11 is 11.7. The summed E-state index contributed by atoms with van der Waals surface area (Å²) in [5.74, 6) is -0.431. The monoisotopic (exact) mass is 284 g/mol. The SMILES string of the molecule is NC(Cc1cccc(Cl)c1F)c1ccncc1Cl. The van der Waals surface area contributed by atoms with Gasteiger partial charge in [0.1, 0.15) is 5.82 Å². The van der Waals surface area contributed by atoms with Gasteiger partial charge in [0.2, 0.25) is 0 Å². The summed E-state index contributed by atoms with van der Waals surface area (Å²) in [6, 6.07) is 6.20. The molecule has 2 nitrogen and oxygen atoms in total. The number of nitrogens with zero attached hydrogens (tertiary/aromatic N) is 1. The molecule has 0 radical (unpaired) electrons. The van der Waals surface area contributed by atoms with Crippen LogP contribution in [0.4, 0.5) is 4.39 Å². The molecule has 1 unspecified atom stereocenters. The third-order valence-electron chi connectivity index (χ3n) is 2.67. The number of aromatic nitrogens is 1. The van der Waals surface area contributed by atoms with E-state index in [-0.39, 0.29) is 5.02 Å². The predicted molar refractivity (Wildman–Crippen MR) is 71.3 cm³/mol. The fraction of sp³-hybridized carbons (Fsp3) is 0.154. The molecule has 0 spiro atoms. The minimum absolute atomic E-state index is 0.0977. The molecule has 1 atom stereocenters. The first-order valence-electron chi connectivity index (χ1n) is 5.37. The lowest BCUT2D eigenvalue weighted by molar-refractivity contribution is 0.593. The van der Waals surface area contributed by atoms with E-state index in [0.29, 0.717) is 17.0 Å². The van der Waals surface area contributed by atoms with Gasteiger partial charge in [-0.25, -0.2) is 4.39 Å². The highest BCUT2D eigenvalue weighted by Crippen LogP contribution is 2.25. The Bertz CT molecular complexity index is 560. The smallest absolute Gasteiger partial charge is 0.145 e. The Hall–Kier alpha value is -1.16. The first-order valence-corrected chi connectivity index (χ1v) is 6.13. The van der Waals surface area contributed by atoms with E-state index in [0.717, 1.165) is 5.56 Å². The van der Waals surface area contributed by atoms with Crippen LogP contribution in [-0.4, -0.2) is 4.98 Å². The summed E-state index contributed by atoms with van der Waals surface area (Å²) in [6.07, 6.45) is 3.45. The zero-order chi connectivity index (χ0) is 13.1. The number of halogens is 3. The van der Waals surface area contributed by atoms with E-state index in [2.05, 4.69) is 4.98 Å². The number of hydrogen-bond donors (Lipinski definition) is 1. The molecule has 0 saturated heterocycles. The molecule has 1 aromatic heterocycles. The average molecular weight is 285 g/mol. The third kappa shape index (κ3) is 2.80. The summed E-state index contributed by atoms with van der Waals surface area (Å²) in [4.78, 5) is 3.88. The highest BCUT2D eigenvalue weighted by molar-refractivity contribution is 6.31. The van der Waals surface area contributed by atoms with Crippen molar-refractivity contribution in [1.29, 1.82) is 0 Å². The van der Waals surface area contributed by atoms with Crippen molar-refractivity contribution in [3.05, 3.63) is 63.6 Å². The fourth-order valence-electron chi connectivity index (χ4n) is 1.74. The van der Waals surface area contributed by atoms with Gasteiger partial charge in [0, 0.05) is 18.4 Å².